The predicted octanol–water partition coefficient (Wildman–Crippen LogP) is 1.07. The molecule has 0 spiro atoms. The summed E-state index contributed by atoms with van der Waals surface area (Å²) in [5.74, 6) is 0.995. The lowest BCUT2D eigenvalue weighted by Crippen LogP contribution is -2.21. The molecule has 0 radical (unpaired) electrons. The highest BCUT2D eigenvalue weighted by molar-refractivity contribution is 6.33. The van der Waals surface area contributed by atoms with E-state index in [9.17, 15) is 4.79 Å². The first kappa shape index (κ1) is 10.9. The fraction of sp³-hybridized carbons (Fsp3) is 0.417. The number of primary amides is 1. The van der Waals surface area contributed by atoms with Crippen molar-refractivity contribution in [1.82, 2.24) is 5.32 Å². The van der Waals surface area contributed by atoms with E-state index in [1.807, 2.05) is 6.07 Å². The van der Waals surface area contributed by atoms with E-state index in [0.29, 0.717) is 16.6 Å². The third-order valence-corrected chi connectivity index (χ3v) is 3.98. The van der Waals surface area contributed by atoms with Crippen molar-refractivity contribution in [2.24, 2.45) is 17.6 Å². The Bertz CT molecular complexity index is 467. The van der Waals surface area contributed by atoms with Crippen LogP contribution < -0.4 is 16.4 Å². The molecule has 1 aliphatic carbocycles. The van der Waals surface area contributed by atoms with Crippen molar-refractivity contribution in [1.29, 1.82) is 0 Å². The minimum absolute atomic E-state index is 0.443. The van der Waals surface area contributed by atoms with Gasteiger partial charge in [0, 0.05) is 24.7 Å². The van der Waals surface area contributed by atoms with Crippen molar-refractivity contribution < 1.29 is 4.79 Å². The SMILES string of the molecule is NC(=O)c1ccc(NC2C3CNCC32)c(Cl)c1. The molecule has 2 aliphatic rings. The lowest BCUT2D eigenvalue weighted by atomic mass is 10.2. The van der Waals surface area contributed by atoms with Crippen molar-refractivity contribution in [2.75, 3.05) is 18.4 Å². The fourth-order valence-electron chi connectivity index (χ4n) is 2.60. The third kappa shape index (κ3) is 1.87. The Labute approximate surface area is 105 Å². The molecule has 0 bridgehead atoms. The van der Waals surface area contributed by atoms with Crippen LogP contribution in [-0.4, -0.2) is 25.0 Å². The largest absolute Gasteiger partial charge is 0.380 e. The van der Waals surface area contributed by atoms with Crippen molar-refractivity contribution in [2.45, 2.75) is 6.04 Å². The van der Waals surface area contributed by atoms with Crippen LogP contribution >= 0.6 is 11.6 Å². The molecule has 3 rings (SSSR count). The first-order chi connectivity index (χ1) is 8.16. The Morgan fingerprint density at radius 1 is 1.41 bits per heavy atom. The minimum atomic E-state index is -0.453. The van der Waals surface area contributed by atoms with Crippen LogP contribution in [0.15, 0.2) is 18.2 Å². The van der Waals surface area contributed by atoms with Crippen LogP contribution in [0, 0.1) is 11.8 Å². The zero-order valence-corrected chi connectivity index (χ0v) is 10.00. The summed E-state index contributed by atoms with van der Waals surface area (Å²) >= 11 is 6.12. The summed E-state index contributed by atoms with van der Waals surface area (Å²) in [6.45, 7) is 2.17. The second kappa shape index (κ2) is 3.89. The molecule has 5 heteroatoms. The summed E-state index contributed by atoms with van der Waals surface area (Å²) < 4.78 is 0. The zero-order chi connectivity index (χ0) is 12.0. The maximum atomic E-state index is 11.0. The monoisotopic (exact) mass is 251 g/mol. The van der Waals surface area contributed by atoms with Crippen LogP contribution in [0.3, 0.4) is 0 Å². The van der Waals surface area contributed by atoms with Crippen LogP contribution in [0.5, 0.6) is 0 Å². The Balaban J connectivity index is 1.73. The van der Waals surface area contributed by atoms with E-state index < -0.39 is 5.91 Å². The summed E-state index contributed by atoms with van der Waals surface area (Å²) in [5, 5.41) is 7.33. The van der Waals surface area contributed by atoms with Gasteiger partial charge in [0.15, 0.2) is 0 Å². The van der Waals surface area contributed by atoms with Crippen molar-refractivity contribution in [3.63, 3.8) is 0 Å². The van der Waals surface area contributed by atoms with Gasteiger partial charge in [0.2, 0.25) is 5.91 Å². The summed E-state index contributed by atoms with van der Waals surface area (Å²) in [7, 11) is 0. The number of fused-ring (bicyclic) bond motifs is 1. The van der Waals surface area contributed by atoms with Crippen LogP contribution in [0.2, 0.25) is 5.02 Å². The highest BCUT2D eigenvalue weighted by Crippen LogP contribution is 2.44. The molecule has 1 aliphatic heterocycles. The second-order valence-corrected chi connectivity index (χ2v) is 5.12. The van der Waals surface area contributed by atoms with Gasteiger partial charge >= 0.3 is 0 Å². The summed E-state index contributed by atoms with van der Waals surface area (Å²) in [5.41, 5.74) is 6.52. The molecule has 17 heavy (non-hydrogen) atoms. The lowest BCUT2D eigenvalue weighted by molar-refractivity contribution is 0.100. The number of benzene rings is 1. The molecule has 2 atom stereocenters. The van der Waals surface area contributed by atoms with Gasteiger partial charge in [-0.05, 0) is 30.0 Å². The van der Waals surface area contributed by atoms with Gasteiger partial charge < -0.3 is 16.4 Å². The molecular weight excluding hydrogens is 238 g/mol. The van der Waals surface area contributed by atoms with Crippen molar-refractivity contribution >= 4 is 23.2 Å². The number of rotatable bonds is 3. The minimum Gasteiger partial charge on any atom is -0.380 e. The third-order valence-electron chi connectivity index (χ3n) is 3.67. The number of carbonyl (C=O) groups excluding carboxylic acids is 1. The van der Waals surface area contributed by atoms with Gasteiger partial charge in [-0.25, -0.2) is 0 Å². The number of hydrogen-bond donors (Lipinski definition) is 3. The molecule has 2 fully saturated rings. The van der Waals surface area contributed by atoms with Crippen LogP contribution in [-0.2, 0) is 0 Å². The van der Waals surface area contributed by atoms with Gasteiger partial charge in [0.1, 0.15) is 0 Å². The highest BCUT2D eigenvalue weighted by atomic mass is 35.5. The standard InChI is InChI=1S/C12H14ClN3O/c13-9-3-6(12(14)17)1-2-10(9)16-11-7-4-15-5-8(7)11/h1-3,7-8,11,15-16H,4-5H2,(H2,14,17). The Kier molecular flexibility index (Phi) is 2.49. The first-order valence-electron chi connectivity index (χ1n) is 5.73. The molecule has 0 aromatic heterocycles. The lowest BCUT2D eigenvalue weighted by Gasteiger charge is -2.11. The van der Waals surface area contributed by atoms with E-state index in [1.165, 1.54) is 0 Å². The highest BCUT2D eigenvalue weighted by Gasteiger charge is 2.52. The molecule has 1 saturated heterocycles. The molecule has 90 valence electrons. The fourth-order valence-corrected chi connectivity index (χ4v) is 2.83. The number of amides is 1. The first-order valence-corrected chi connectivity index (χ1v) is 6.11. The summed E-state index contributed by atoms with van der Waals surface area (Å²) in [6.07, 6.45) is 0. The van der Waals surface area contributed by atoms with E-state index in [-0.39, 0.29) is 0 Å². The number of halogens is 1. The topological polar surface area (TPSA) is 67.2 Å². The van der Waals surface area contributed by atoms with Crippen LogP contribution in [0.1, 0.15) is 10.4 Å². The van der Waals surface area contributed by atoms with E-state index in [0.717, 1.165) is 30.6 Å². The van der Waals surface area contributed by atoms with Crippen molar-refractivity contribution in [3.05, 3.63) is 28.8 Å². The van der Waals surface area contributed by atoms with Gasteiger partial charge in [-0.15, -0.1) is 0 Å². The number of piperidine rings is 1. The Hall–Kier alpha value is -1.26. The number of nitrogens with one attached hydrogen (secondary N) is 2. The van der Waals surface area contributed by atoms with E-state index in [2.05, 4.69) is 10.6 Å². The molecule has 1 aromatic rings. The molecular formula is C12H14ClN3O. The quantitative estimate of drug-likeness (QED) is 0.753. The summed E-state index contributed by atoms with van der Waals surface area (Å²) in [6, 6.07) is 5.66. The molecule has 1 heterocycles. The van der Waals surface area contributed by atoms with Gasteiger partial charge in [-0.1, -0.05) is 11.6 Å². The van der Waals surface area contributed by atoms with Crippen molar-refractivity contribution in [3.8, 4) is 0 Å². The number of nitrogens with two attached hydrogens (primary N) is 1. The summed E-state index contributed by atoms with van der Waals surface area (Å²) in [4.78, 5) is 11.0. The Morgan fingerprint density at radius 2 is 2.12 bits per heavy atom. The molecule has 2 unspecified atom stereocenters. The van der Waals surface area contributed by atoms with Crippen LogP contribution in [0.25, 0.3) is 0 Å². The maximum Gasteiger partial charge on any atom is 0.248 e. The smallest absolute Gasteiger partial charge is 0.248 e. The Morgan fingerprint density at radius 3 is 2.71 bits per heavy atom. The normalized spacial score (nSPS) is 29.8. The molecule has 1 saturated carbocycles. The average molecular weight is 252 g/mol. The molecule has 1 aromatic carbocycles. The van der Waals surface area contributed by atoms with Gasteiger partial charge in [-0.2, -0.15) is 0 Å². The molecule has 1 amide bonds. The van der Waals surface area contributed by atoms with Gasteiger partial charge in [-0.3, -0.25) is 4.79 Å². The average Bonchev–Trinajstić information content (AvgIpc) is 2.74. The van der Waals surface area contributed by atoms with Crippen LogP contribution in [0.4, 0.5) is 5.69 Å². The predicted molar refractivity (Wildman–Crippen MR) is 67.2 cm³/mol. The molecule has 4 N–H and O–H groups in total. The van der Waals surface area contributed by atoms with E-state index in [1.54, 1.807) is 12.1 Å². The van der Waals surface area contributed by atoms with Gasteiger partial charge in [0.05, 0.1) is 10.7 Å². The zero-order valence-electron chi connectivity index (χ0n) is 9.24. The maximum absolute atomic E-state index is 11.0. The number of anilines is 1. The number of hydrogen-bond acceptors (Lipinski definition) is 3. The number of carbonyl (C=O) groups is 1. The van der Waals surface area contributed by atoms with Gasteiger partial charge in [0.25, 0.3) is 0 Å². The second-order valence-electron chi connectivity index (χ2n) is 4.71. The van der Waals surface area contributed by atoms with E-state index >= 15 is 0 Å². The van der Waals surface area contributed by atoms with E-state index in [4.69, 9.17) is 17.3 Å². The molecule has 4 nitrogen and oxygen atoms in total.